The van der Waals surface area contributed by atoms with Crippen LogP contribution in [0.15, 0.2) is 140 Å². The van der Waals surface area contributed by atoms with Gasteiger partial charge in [0.15, 0.2) is 0 Å². The molecule has 0 aliphatic carbocycles. The van der Waals surface area contributed by atoms with Crippen molar-refractivity contribution in [3.63, 3.8) is 0 Å². The molecular formula is C35H23N. The molecule has 0 fully saturated rings. The standard InChI is InChI=1S/C35H23N/c1-2-11-24(12-3-1)25-15-10-16-27(21-25)34-29-17-6-8-19-31(29)35(32-20-9-7-18-30(32)34)33-22-26-13-4-5-14-28(26)23-36-33/h1-23H. The molecule has 0 bridgehead atoms. The molecule has 168 valence electrons. The lowest BCUT2D eigenvalue weighted by molar-refractivity contribution is 1.37. The number of benzene rings is 6. The Morgan fingerprint density at radius 3 is 1.58 bits per heavy atom. The summed E-state index contributed by atoms with van der Waals surface area (Å²) in [5.74, 6) is 0. The first kappa shape index (κ1) is 20.6. The van der Waals surface area contributed by atoms with Crippen LogP contribution in [0.1, 0.15) is 0 Å². The minimum atomic E-state index is 1.01. The Labute approximate surface area is 210 Å². The first-order valence-electron chi connectivity index (χ1n) is 12.3. The third kappa shape index (κ3) is 3.37. The number of hydrogen-bond donors (Lipinski definition) is 0. The number of pyridine rings is 1. The predicted molar refractivity (Wildman–Crippen MR) is 153 cm³/mol. The Kier molecular flexibility index (Phi) is 4.85. The summed E-state index contributed by atoms with van der Waals surface area (Å²) in [6.45, 7) is 0. The molecule has 36 heavy (non-hydrogen) atoms. The van der Waals surface area contributed by atoms with E-state index in [1.165, 1.54) is 54.7 Å². The SMILES string of the molecule is c1ccc(-c2cccc(-c3c4ccccc4c(-c4cc5ccccc5cn4)c4ccccc34)c2)cc1. The molecule has 1 nitrogen and oxygen atoms in total. The minimum Gasteiger partial charge on any atom is -0.256 e. The third-order valence-corrected chi connectivity index (χ3v) is 7.08. The normalized spacial score (nSPS) is 11.3. The number of rotatable bonds is 3. The van der Waals surface area contributed by atoms with Crippen molar-refractivity contribution >= 4 is 32.3 Å². The van der Waals surface area contributed by atoms with Gasteiger partial charge in [-0.25, -0.2) is 0 Å². The van der Waals surface area contributed by atoms with E-state index in [9.17, 15) is 0 Å². The fourth-order valence-electron chi connectivity index (χ4n) is 5.42. The van der Waals surface area contributed by atoms with Gasteiger partial charge in [0, 0.05) is 17.1 Å². The van der Waals surface area contributed by atoms with Crippen LogP contribution in [-0.2, 0) is 0 Å². The molecule has 0 N–H and O–H groups in total. The van der Waals surface area contributed by atoms with Gasteiger partial charge in [-0.2, -0.15) is 0 Å². The van der Waals surface area contributed by atoms with Crippen LogP contribution < -0.4 is 0 Å². The van der Waals surface area contributed by atoms with Crippen molar-refractivity contribution in [1.82, 2.24) is 4.98 Å². The second kappa shape index (κ2) is 8.48. The first-order valence-corrected chi connectivity index (χ1v) is 12.3. The van der Waals surface area contributed by atoms with Crippen molar-refractivity contribution in [2.45, 2.75) is 0 Å². The van der Waals surface area contributed by atoms with Crippen molar-refractivity contribution in [1.29, 1.82) is 0 Å². The van der Waals surface area contributed by atoms with Crippen LogP contribution >= 0.6 is 0 Å². The van der Waals surface area contributed by atoms with E-state index in [4.69, 9.17) is 4.98 Å². The van der Waals surface area contributed by atoms with Crippen LogP contribution in [0.3, 0.4) is 0 Å². The topological polar surface area (TPSA) is 12.9 Å². The summed E-state index contributed by atoms with van der Waals surface area (Å²) in [6.07, 6.45) is 1.99. The Balaban J connectivity index is 1.55. The van der Waals surface area contributed by atoms with Crippen molar-refractivity contribution in [2.24, 2.45) is 0 Å². The summed E-state index contributed by atoms with van der Waals surface area (Å²) in [6, 6.07) is 47.7. The highest BCUT2D eigenvalue weighted by Gasteiger charge is 2.17. The molecule has 7 aromatic rings. The van der Waals surface area contributed by atoms with Crippen LogP contribution in [-0.4, -0.2) is 4.98 Å². The predicted octanol–water partition coefficient (Wildman–Crippen LogP) is 9.54. The monoisotopic (exact) mass is 457 g/mol. The van der Waals surface area contributed by atoms with E-state index in [1.807, 2.05) is 6.20 Å². The number of nitrogens with zero attached hydrogens (tertiary/aromatic N) is 1. The van der Waals surface area contributed by atoms with Gasteiger partial charge >= 0.3 is 0 Å². The van der Waals surface area contributed by atoms with Crippen LogP contribution in [0.25, 0.3) is 65.8 Å². The molecule has 0 radical (unpaired) electrons. The Morgan fingerprint density at radius 2 is 0.889 bits per heavy atom. The van der Waals surface area contributed by atoms with Crippen molar-refractivity contribution in [3.05, 3.63) is 140 Å². The van der Waals surface area contributed by atoms with Crippen LogP contribution in [0.2, 0.25) is 0 Å². The van der Waals surface area contributed by atoms with E-state index in [-0.39, 0.29) is 0 Å². The molecule has 0 saturated heterocycles. The van der Waals surface area contributed by atoms with Crippen molar-refractivity contribution in [2.75, 3.05) is 0 Å². The largest absolute Gasteiger partial charge is 0.256 e. The molecule has 1 aromatic heterocycles. The minimum absolute atomic E-state index is 1.01. The number of fused-ring (bicyclic) bond motifs is 3. The molecule has 1 heterocycles. The Hall–Kier alpha value is -4.75. The van der Waals surface area contributed by atoms with E-state index >= 15 is 0 Å². The van der Waals surface area contributed by atoms with Crippen molar-refractivity contribution < 1.29 is 0 Å². The van der Waals surface area contributed by atoms with Crippen LogP contribution in [0, 0.1) is 0 Å². The second-order valence-electron chi connectivity index (χ2n) is 9.20. The molecule has 0 aliphatic rings. The quantitative estimate of drug-likeness (QED) is 0.241. The number of hydrogen-bond acceptors (Lipinski definition) is 1. The Bertz CT molecular complexity index is 1830. The van der Waals surface area contributed by atoms with Gasteiger partial charge in [0.25, 0.3) is 0 Å². The zero-order valence-electron chi connectivity index (χ0n) is 19.7. The zero-order chi connectivity index (χ0) is 23.9. The lowest BCUT2D eigenvalue weighted by Gasteiger charge is -2.18. The first-order chi connectivity index (χ1) is 17.9. The van der Waals surface area contributed by atoms with E-state index in [0.717, 1.165) is 11.1 Å². The highest BCUT2D eigenvalue weighted by Crippen LogP contribution is 2.43. The number of aromatic nitrogens is 1. The molecular weight excluding hydrogens is 434 g/mol. The lowest BCUT2D eigenvalue weighted by Crippen LogP contribution is -1.92. The third-order valence-electron chi connectivity index (χ3n) is 7.08. The van der Waals surface area contributed by atoms with Gasteiger partial charge < -0.3 is 0 Å². The van der Waals surface area contributed by atoms with E-state index in [1.54, 1.807) is 0 Å². The van der Waals surface area contributed by atoms with Crippen molar-refractivity contribution in [3.8, 4) is 33.5 Å². The van der Waals surface area contributed by atoms with Gasteiger partial charge in [-0.05, 0) is 61.3 Å². The smallest absolute Gasteiger partial charge is 0.0720 e. The highest BCUT2D eigenvalue weighted by molar-refractivity contribution is 6.21. The molecule has 1 heteroatoms. The zero-order valence-corrected chi connectivity index (χ0v) is 19.7. The summed E-state index contributed by atoms with van der Waals surface area (Å²) in [7, 11) is 0. The maximum atomic E-state index is 4.93. The second-order valence-corrected chi connectivity index (χ2v) is 9.20. The highest BCUT2D eigenvalue weighted by atomic mass is 14.7. The summed E-state index contributed by atoms with van der Waals surface area (Å²) >= 11 is 0. The van der Waals surface area contributed by atoms with Gasteiger partial charge in [0.05, 0.1) is 5.69 Å². The van der Waals surface area contributed by atoms with Gasteiger partial charge in [-0.15, -0.1) is 0 Å². The van der Waals surface area contributed by atoms with Gasteiger partial charge in [-0.3, -0.25) is 4.98 Å². The lowest BCUT2D eigenvalue weighted by atomic mass is 9.86. The van der Waals surface area contributed by atoms with E-state index in [0.29, 0.717) is 0 Å². The maximum absolute atomic E-state index is 4.93. The van der Waals surface area contributed by atoms with Gasteiger partial charge in [-0.1, -0.05) is 121 Å². The Morgan fingerprint density at radius 1 is 0.361 bits per heavy atom. The molecule has 0 atom stereocenters. The molecule has 0 spiro atoms. The van der Waals surface area contributed by atoms with E-state index in [2.05, 4.69) is 133 Å². The molecule has 0 saturated carbocycles. The summed E-state index contributed by atoms with van der Waals surface area (Å²) < 4.78 is 0. The average Bonchev–Trinajstić information content (AvgIpc) is 2.96. The van der Waals surface area contributed by atoms with Crippen LogP contribution in [0.5, 0.6) is 0 Å². The molecule has 0 unspecified atom stereocenters. The molecule has 0 aliphatic heterocycles. The van der Waals surface area contributed by atoms with Gasteiger partial charge in [0.1, 0.15) is 0 Å². The summed E-state index contributed by atoms with van der Waals surface area (Å²) in [5.41, 5.74) is 7.14. The molecule has 0 amide bonds. The summed E-state index contributed by atoms with van der Waals surface area (Å²) in [5, 5.41) is 7.29. The summed E-state index contributed by atoms with van der Waals surface area (Å²) in [4.78, 5) is 4.93. The maximum Gasteiger partial charge on any atom is 0.0720 e. The fourth-order valence-corrected chi connectivity index (χ4v) is 5.42. The molecule has 6 aromatic carbocycles. The van der Waals surface area contributed by atoms with Crippen LogP contribution in [0.4, 0.5) is 0 Å². The van der Waals surface area contributed by atoms with Gasteiger partial charge in [0.2, 0.25) is 0 Å². The average molecular weight is 458 g/mol. The fraction of sp³-hybridized carbons (Fsp3) is 0. The molecule has 7 rings (SSSR count). The van der Waals surface area contributed by atoms with E-state index < -0.39 is 0 Å².